The number of hydrogen-bond donors (Lipinski definition) is 0. The summed E-state index contributed by atoms with van der Waals surface area (Å²) >= 11 is 3.26. The van der Waals surface area contributed by atoms with Gasteiger partial charge in [-0.1, -0.05) is 21.1 Å². The maximum Gasteiger partial charge on any atom is 0.248 e. The lowest BCUT2D eigenvalue weighted by Gasteiger charge is -2.33. The average molecular weight is 472 g/mol. The quantitative estimate of drug-likeness (QED) is 0.640. The average Bonchev–Trinajstić information content (AvgIpc) is 3.01. The minimum absolute atomic E-state index is 0.0808. The molecule has 1 aromatic carbocycles. The van der Waals surface area contributed by atoms with Gasteiger partial charge in [0.15, 0.2) is 5.76 Å². The van der Waals surface area contributed by atoms with Crippen molar-refractivity contribution in [3.8, 4) is 0 Å². The molecule has 1 aliphatic heterocycles. The van der Waals surface area contributed by atoms with Gasteiger partial charge in [-0.3, -0.25) is 4.79 Å². The zero-order valence-electron chi connectivity index (χ0n) is 15.4. The summed E-state index contributed by atoms with van der Waals surface area (Å²) in [5.41, 5.74) is 0.609. The molecule has 0 saturated carbocycles. The standard InChI is InChI=1S/C18H19BrFN3O4S/c1-12-18(13(2)27-21-12)28(25,26)23-9-7-22(8-10-23)17(24)6-3-14-11-15(19)4-5-16(14)20/h3-6,11H,7-10H2,1-2H3/b6-3+. The van der Waals surface area contributed by atoms with E-state index in [9.17, 15) is 17.6 Å². The van der Waals surface area contributed by atoms with Crippen LogP contribution in [0.3, 0.4) is 0 Å². The van der Waals surface area contributed by atoms with Gasteiger partial charge >= 0.3 is 0 Å². The molecular weight excluding hydrogens is 453 g/mol. The van der Waals surface area contributed by atoms with Gasteiger partial charge in [-0.15, -0.1) is 0 Å². The molecule has 28 heavy (non-hydrogen) atoms. The second-order valence-corrected chi connectivity index (χ2v) is 9.17. The highest BCUT2D eigenvalue weighted by atomic mass is 79.9. The van der Waals surface area contributed by atoms with Crippen LogP contribution in [0, 0.1) is 19.7 Å². The first-order valence-electron chi connectivity index (χ1n) is 8.55. The summed E-state index contributed by atoms with van der Waals surface area (Å²) in [6.07, 6.45) is 2.71. The van der Waals surface area contributed by atoms with E-state index >= 15 is 0 Å². The van der Waals surface area contributed by atoms with Crippen LogP contribution in [-0.4, -0.2) is 54.9 Å². The second-order valence-electron chi connectivity index (χ2n) is 6.38. The van der Waals surface area contributed by atoms with Crippen LogP contribution >= 0.6 is 15.9 Å². The van der Waals surface area contributed by atoms with Gasteiger partial charge in [0, 0.05) is 42.3 Å². The van der Waals surface area contributed by atoms with Gasteiger partial charge in [-0.25, -0.2) is 12.8 Å². The van der Waals surface area contributed by atoms with Gasteiger partial charge in [-0.2, -0.15) is 4.31 Å². The van der Waals surface area contributed by atoms with E-state index < -0.39 is 15.8 Å². The first kappa shape index (κ1) is 20.7. The van der Waals surface area contributed by atoms with Gasteiger partial charge in [0.25, 0.3) is 0 Å². The van der Waals surface area contributed by atoms with Crippen molar-refractivity contribution < 1.29 is 22.1 Å². The van der Waals surface area contributed by atoms with Crippen LogP contribution in [0.1, 0.15) is 17.0 Å². The largest absolute Gasteiger partial charge is 0.360 e. The molecule has 1 amide bonds. The molecule has 3 rings (SSSR count). The van der Waals surface area contributed by atoms with Crippen molar-refractivity contribution in [1.82, 2.24) is 14.4 Å². The molecule has 1 saturated heterocycles. The summed E-state index contributed by atoms with van der Waals surface area (Å²) in [5, 5.41) is 3.70. The van der Waals surface area contributed by atoms with E-state index in [0.29, 0.717) is 15.7 Å². The third-order valence-corrected chi connectivity index (χ3v) is 7.12. The van der Waals surface area contributed by atoms with Crippen LogP contribution in [0.25, 0.3) is 6.08 Å². The van der Waals surface area contributed by atoms with E-state index in [1.54, 1.807) is 26.0 Å². The first-order chi connectivity index (χ1) is 13.2. The maximum atomic E-state index is 13.8. The van der Waals surface area contributed by atoms with E-state index in [1.807, 2.05) is 0 Å². The topological polar surface area (TPSA) is 83.7 Å². The van der Waals surface area contributed by atoms with Crippen molar-refractivity contribution in [3.05, 3.63) is 51.6 Å². The Bertz CT molecular complexity index is 1010. The normalized spacial score (nSPS) is 16.1. The number of benzene rings is 1. The van der Waals surface area contributed by atoms with E-state index in [0.717, 1.165) is 0 Å². The Morgan fingerprint density at radius 1 is 1.25 bits per heavy atom. The number of carbonyl (C=O) groups is 1. The lowest BCUT2D eigenvalue weighted by atomic mass is 10.2. The molecule has 1 fully saturated rings. The van der Waals surface area contributed by atoms with Crippen molar-refractivity contribution in [2.24, 2.45) is 0 Å². The minimum atomic E-state index is -3.73. The van der Waals surface area contributed by atoms with E-state index in [2.05, 4.69) is 21.1 Å². The fraction of sp³-hybridized carbons (Fsp3) is 0.333. The summed E-state index contributed by atoms with van der Waals surface area (Å²) in [4.78, 5) is 14.0. The lowest BCUT2D eigenvalue weighted by molar-refractivity contribution is -0.127. The summed E-state index contributed by atoms with van der Waals surface area (Å²) in [7, 11) is -3.73. The number of nitrogens with zero attached hydrogens (tertiary/aromatic N) is 3. The molecule has 2 heterocycles. The van der Waals surface area contributed by atoms with Crippen LogP contribution in [0.4, 0.5) is 4.39 Å². The Morgan fingerprint density at radius 3 is 2.54 bits per heavy atom. The lowest BCUT2D eigenvalue weighted by Crippen LogP contribution is -2.50. The third-order valence-electron chi connectivity index (χ3n) is 4.48. The van der Waals surface area contributed by atoms with E-state index in [4.69, 9.17) is 4.52 Å². The molecule has 1 aromatic heterocycles. The Kier molecular flexibility index (Phi) is 6.01. The highest BCUT2D eigenvalue weighted by molar-refractivity contribution is 9.10. The van der Waals surface area contributed by atoms with Crippen molar-refractivity contribution in [2.45, 2.75) is 18.7 Å². The van der Waals surface area contributed by atoms with Crippen LogP contribution in [0.2, 0.25) is 0 Å². The molecule has 0 spiro atoms. The number of halogens is 2. The number of aryl methyl sites for hydroxylation is 2. The highest BCUT2D eigenvalue weighted by Gasteiger charge is 2.33. The van der Waals surface area contributed by atoms with Gasteiger partial charge in [-0.05, 0) is 38.1 Å². The number of amides is 1. The molecule has 2 aromatic rings. The van der Waals surface area contributed by atoms with Crippen molar-refractivity contribution >= 4 is 37.9 Å². The predicted octanol–water partition coefficient (Wildman–Crippen LogP) is 2.74. The van der Waals surface area contributed by atoms with Crippen LogP contribution in [0.5, 0.6) is 0 Å². The highest BCUT2D eigenvalue weighted by Crippen LogP contribution is 2.24. The molecule has 0 bridgehead atoms. The minimum Gasteiger partial charge on any atom is -0.360 e. The van der Waals surface area contributed by atoms with Gasteiger partial charge < -0.3 is 9.42 Å². The molecule has 0 aliphatic carbocycles. The zero-order chi connectivity index (χ0) is 20.5. The smallest absolute Gasteiger partial charge is 0.248 e. The van der Waals surface area contributed by atoms with Crippen molar-refractivity contribution in [1.29, 1.82) is 0 Å². The molecule has 10 heteroatoms. The molecule has 0 atom stereocenters. The molecule has 0 N–H and O–H groups in total. The van der Waals surface area contributed by atoms with Crippen molar-refractivity contribution in [3.63, 3.8) is 0 Å². The maximum absolute atomic E-state index is 13.8. The molecule has 7 nitrogen and oxygen atoms in total. The number of hydrogen-bond acceptors (Lipinski definition) is 5. The van der Waals surface area contributed by atoms with Crippen LogP contribution in [-0.2, 0) is 14.8 Å². The van der Waals surface area contributed by atoms with Crippen LogP contribution in [0.15, 0.2) is 38.2 Å². The molecule has 1 aliphatic rings. The summed E-state index contributed by atoms with van der Waals surface area (Å²) in [6.45, 7) is 3.95. The Hall–Kier alpha value is -2.04. The number of carbonyl (C=O) groups excluding carboxylic acids is 1. The number of sulfonamides is 1. The second kappa shape index (κ2) is 8.14. The summed E-state index contributed by atoms with van der Waals surface area (Å²) in [6, 6.07) is 4.47. The zero-order valence-corrected chi connectivity index (χ0v) is 17.8. The Morgan fingerprint density at radius 2 is 1.93 bits per heavy atom. The molecule has 150 valence electrons. The van der Waals surface area contributed by atoms with Crippen LogP contribution < -0.4 is 0 Å². The number of piperazine rings is 1. The first-order valence-corrected chi connectivity index (χ1v) is 10.8. The molecule has 0 radical (unpaired) electrons. The Balaban J connectivity index is 1.66. The van der Waals surface area contributed by atoms with Gasteiger partial charge in [0.2, 0.25) is 15.9 Å². The SMILES string of the molecule is Cc1noc(C)c1S(=O)(=O)N1CCN(C(=O)/C=C/c2cc(Br)ccc2F)CC1. The van der Waals surface area contributed by atoms with Gasteiger partial charge in [0.05, 0.1) is 0 Å². The van der Waals surface area contributed by atoms with Crippen molar-refractivity contribution in [2.75, 3.05) is 26.2 Å². The Labute approximate surface area is 171 Å². The fourth-order valence-corrected chi connectivity index (χ4v) is 5.12. The van der Waals surface area contributed by atoms with E-state index in [1.165, 1.54) is 27.4 Å². The summed E-state index contributed by atoms with van der Waals surface area (Å²) in [5.74, 6) is -0.480. The third kappa shape index (κ3) is 4.18. The summed E-state index contributed by atoms with van der Waals surface area (Å²) < 4.78 is 46.4. The van der Waals surface area contributed by atoms with Gasteiger partial charge in [0.1, 0.15) is 16.4 Å². The molecule has 0 unspecified atom stereocenters. The van der Waals surface area contributed by atoms with E-state index in [-0.39, 0.29) is 42.7 Å². The number of aromatic nitrogens is 1. The predicted molar refractivity (Wildman–Crippen MR) is 104 cm³/mol. The monoisotopic (exact) mass is 471 g/mol. The number of rotatable bonds is 4. The fourth-order valence-electron chi connectivity index (χ4n) is 3.03. The molecular formula is C18H19BrFN3O4S.